The van der Waals surface area contributed by atoms with E-state index in [4.69, 9.17) is 16.3 Å². The van der Waals surface area contributed by atoms with Gasteiger partial charge in [0.15, 0.2) is 0 Å². The molecule has 2 aromatic rings. The van der Waals surface area contributed by atoms with Gasteiger partial charge in [0.25, 0.3) is 0 Å². The van der Waals surface area contributed by atoms with Crippen molar-refractivity contribution in [2.45, 2.75) is 18.2 Å². The first-order valence-corrected chi connectivity index (χ1v) is 7.61. The largest absolute Gasteiger partial charge is 0.493 e. The molecule has 1 unspecified atom stereocenters. The summed E-state index contributed by atoms with van der Waals surface area (Å²) in [6.07, 6.45) is 0.991. The Morgan fingerprint density at radius 2 is 2.11 bits per heavy atom. The van der Waals surface area contributed by atoms with Crippen LogP contribution in [0.1, 0.15) is 27.1 Å². The summed E-state index contributed by atoms with van der Waals surface area (Å²) in [5.41, 5.74) is 4.72. The highest BCUT2D eigenvalue weighted by Gasteiger charge is 2.18. The van der Waals surface area contributed by atoms with Crippen LogP contribution < -0.4 is 4.74 Å². The van der Waals surface area contributed by atoms with Gasteiger partial charge < -0.3 is 4.74 Å². The van der Waals surface area contributed by atoms with Crippen molar-refractivity contribution in [3.63, 3.8) is 0 Å². The number of hydrogen-bond acceptors (Lipinski definition) is 1. The smallest absolute Gasteiger partial charge is 0.122 e. The highest BCUT2D eigenvalue weighted by atomic mass is 79.9. The summed E-state index contributed by atoms with van der Waals surface area (Å²) in [4.78, 5) is 0.116. The molecule has 0 saturated heterocycles. The Bertz CT molecular complexity index is 624. The van der Waals surface area contributed by atoms with Crippen molar-refractivity contribution in [3.8, 4) is 5.75 Å². The summed E-state index contributed by atoms with van der Waals surface area (Å²) in [6, 6.07) is 12.5. The zero-order valence-corrected chi connectivity index (χ0v) is 13.0. The van der Waals surface area contributed by atoms with Crippen molar-refractivity contribution in [3.05, 3.63) is 63.7 Å². The summed E-state index contributed by atoms with van der Waals surface area (Å²) >= 11 is 10.2. The summed E-state index contributed by atoms with van der Waals surface area (Å²) in [5.74, 6) is 1.01. The summed E-state index contributed by atoms with van der Waals surface area (Å²) in [7, 11) is 0. The van der Waals surface area contributed by atoms with Gasteiger partial charge in [0.2, 0.25) is 0 Å². The number of alkyl halides is 1. The normalized spacial score (nSPS) is 14.9. The van der Waals surface area contributed by atoms with E-state index in [2.05, 4.69) is 40.2 Å². The molecule has 0 aromatic heterocycles. The third-order valence-electron chi connectivity index (χ3n) is 3.50. The van der Waals surface area contributed by atoms with Gasteiger partial charge >= 0.3 is 0 Å². The fourth-order valence-corrected chi connectivity index (χ4v) is 3.44. The Morgan fingerprint density at radius 1 is 1.26 bits per heavy atom. The molecule has 1 aliphatic heterocycles. The number of aryl methyl sites for hydroxylation is 1. The average molecular weight is 338 g/mol. The Kier molecular flexibility index (Phi) is 3.55. The molecule has 0 fully saturated rings. The first-order chi connectivity index (χ1) is 9.16. The quantitative estimate of drug-likeness (QED) is 0.695. The standard InChI is InChI=1S/C16H14BrClO/c1-10-3-2-4-13(16(10)18)15(17)12-5-6-14-11(9-12)7-8-19-14/h2-6,9,15H,7-8H2,1H3. The van der Waals surface area contributed by atoms with Crippen molar-refractivity contribution in [1.29, 1.82) is 0 Å². The van der Waals surface area contributed by atoms with Crippen LogP contribution in [-0.2, 0) is 6.42 Å². The highest BCUT2D eigenvalue weighted by Crippen LogP contribution is 2.38. The van der Waals surface area contributed by atoms with E-state index in [1.807, 2.05) is 19.1 Å². The van der Waals surface area contributed by atoms with Gasteiger partial charge in [-0.2, -0.15) is 0 Å². The number of rotatable bonds is 2. The zero-order chi connectivity index (χ0) is 13.4. The molecule has 2 aromatic carbocycles. The highest BCUT2D eigenvalue weighted by molar-refractivity contribution is 9.09. The van der Waals surface area contributed by atoms with Crippen LogP contribution in [-0.4, -0.2) is 6.61 Å². The predicted molar refractivity (Wildman–Crippen MR) is 82.6 cm³/mol. The van der Waals surface area contributed by atoms with Crippen LogP contribution in [0, 0.1) is 6.92 Å². The predicted octanol–water partition coefficient (Wildman–Crippen LogP) is 5.07. The minimum atomic E-state index is 0.116. The van der Waals surface area contributed by atoms with Crippen LogP contribution in [0.4, 0.5) is 0 Å². The molecular formula is C16H14BrClO. The van der Waals surface area contributed by atoms with E-state index in [0.29, 0.717) is 0 Å². The zero-order valence-electron chi connectivity index (χ0n) is 10.6. The lowest BCUT2D eigenvalue weighted by atomic mass is 10.0. The van der Waals surface area contributed by atoms with Crippen molar-refractivity contribution < 1.29 is 4.74 Å². The lowest BCUT2D eigenvalue weighted by Gasteiger charge is -2.14. The second-order valence-corrected chi connectivity index (χ2v) is 6.10. The Labute approximate surface area is 126 Å². The molecule has 0 aliphatic carbocycles. The number of hydrogen-bond donors (Lipinski definition) is 0. The van der Waals surface area contributed by atoms with Gasteiger partial charge in [0.05, 0.1) is 11.4 Å². The molecule has 0 amide bonds. The monoisotopic (exact) mass is 336 g/mol. The van der Waals surface area contributed by atoms with Crippen LogP contribution in [0.5, 0.6) is 5.75 Å². The van der Waals surface area contributed by atoms with Gasteiger partial charge in [-0.05, 0) is 35.2 Å². The molecule has 3 heteroatoms. The summed E-state index contributed by atoms with van der Waals surface area (Å²) in [5, 5.41) is 0.834. The Balaban J connectivity index is 2.00. The second-order valence-electron chi connectivity index (χ2n) is 4.81. The van der Waals surface area contributed by atoms with Gasteiger partial charge in [0.1, 0.15) is 5.75 Å². The SMILES string of the molecule is Cc1cccc(C(Br)c2ccc3c(c2)CCO3)c1Cl. The first kappa shape index (κ1) is 13.0. The van der Waals surface area contributed by atoms with Crippen LogP contribution in [0.15, 0.2) is 36.4 Å². The van der Waals surface area contributed by atoms with E-state index in [-0.39, 0.29) is 4.83 Å². The van der Waals surface area contributed by atoms with Crippen molar-refractivity contribution in [2.24, 2.45) is 0 Å². The molecule has 0 bridgehead atoms. The van der Waals surface area contributed by atoms with Gasteiger partial charge in [-0.3, -0.25) is 0 Å². The van der Waals surface area contributed by atoms with E-state index in [9.17, 15) is 0 Å². The Morgan fingerprint density at radius 3 is 2.95 bits per heavy atom. The van der Waals surface area contributed by atoms with E-state index >= 15 is 0 Å². The van der Waals surface area contributed by atoms with Crippen LogP contribution in [0.3, 0.4) is 0 Å². The number of benzene rings is 2. The van der Waals surface area contributed by atoms with Crippen LogP contribution >= 0.6 is 27.5 Å². The molecule has 3 rings (SSSR count). The molecule has 1 aliphatic rings. The van der Waals surface area contributed by atoms with Gasteiger partial charge in [-0.1, -0.05) is 57.9 Å². The van der Waals surface area contributed by atoms with Crippen LogP contribution in [0.2, 0.25) is 5.02 Å². The molecule has 0 N–H and O–H groups in total. The summed E-state index contributed by atoms with van der Waals surface area (Å²) in [6.45, 7) is 2.82. The van der Waals surface area contributed by atoms with E-state index in [1.165, 1.54) is 11.1 Å². The number of fused-ring (bicyclic) bond motifs is 1. The van der Waals surface area contributed by atoms with Gasteiger partial charge in [-0.25, -0.2) is 0 Å². The molecule has 19 heavy (non-hydrogen) atoms. The van der Waals surface area contributed by atoms with Crippen molar-refractivity contribution in [2.75, 3.05) is 6.61 Å². The lowest BCUT2D eigenvalue weighted by Crippen LogP contribution is -1.96. The van der Waals surface area contributed by atoms with Crippen molar-refractivity contribution >= 4 is 27.5 Å². The number of ether oxygens (including phenoxy) is 1. The van der Waals surface area contributed by atoms with Crippen molar-refractivity contribution in [1.82, 2.24) is 0 Å². The maximum atomic E-state index is 6.40. The van der Waals surface area contributed by atoms with Gasteiger partial charge in [0, 0.05) is 11.4 Å². The molecule has 1 atom stereocenters. The van der Waals surface area contributed by atoms with E-state index in [1.54, 1.807) is 0 Å². The maximum absolute atomic E-state index is 6.40. The Hall–Kier alpha value is -0.990. The topological polar surface area (TPSA) is 9.23 Å². The van der Waals surface area contributed by atoms with E-state index < -0.39 is 0 Å². The first-order valence-electron chi connectivity index (χ1n) is 6.31. The molecule has 98 valence electrons. The minimum absolute atomic E-state index is 0.116. The third kappa shape index (κ3) is 2.39. The maximum Gasteiger partial charge on any atom is 0.122 e. The molecule has 0 saturated carbocycles. The second kappa shape index (κ2) is 5.18. The molecule has 1 nitrogen and oxygen atoms in total. The average Bonchev–Trinajstić information content (AvgIpc) is 2.88. The number of halogens is 2. The molecular weight excluding hydrogens is 324 g/mol. The fourth-order valence-electron chi connectivity index (χ4n) is 2.41. The van der Waals surface area contributed by atoms with Gasteiger partial charge in [-0.15, -0.1) is 0 Å². The third-order valence-corrected chi connectivity index (χ3v) is 5.04. The molecule has 1 heterocycles. The van der Waals surface area contributed by atoms with Crippen LogP contribution in [0.25, 0.3) is 0 Å². The molecule has 0 radical (unpaired) electrons. The molecule has 0 spiro atoms. The fraction of sp³-hybridized carbons (Fsp3) is 0.250. The minimum Gasteiger partial charge on any atom is -0.493 e. The van der Waals surface area contributed by atoms with E-state index in [0.717, 1.165) is 34.9 Å². The summed E-state index contributed by atoms with van der Waals surface area (Å²) < 4.78 is 5.54. The lowest BCUT2D eigenvalue weighted by molar-refractivity contribution is 0.357.